The molecule has 2 rings (SSSR count). The number of nitrogens with one attached hydrogen (secondary N) is 3. The number of hydrazine groups is 1. The van der Waals surface area contributed by atoms with E-state index < -0.39 is 5.91 Å². The van der Waals surface area contributed by atoms with Crippen LogP contribution in [0.25, 0.3) is 0 Å². The highest BCUT2D eigenvalue weighted by atomic mass is 79.9. The lowest BCUT2D eigenvalue weighted by molar-refractivity contribution is 0.0934. The van der Waals surface area contributed by atoms with Gasteiger partial charge in [-0.05, 0) is 81.8 Å². The largest absolute Gasteiger partial charge is 0.492 e. The number of hydrogen-bond acceptors (Lipinski definition) is 4. The molecule has 0 bridgehead atoms. The van der Waals surface area contributed by atoms with Gasteiger partial charge in [-0.2, -0.15) is 0 Å². The standard InChI is InChI=1S/C24H30BrN3O3S/c1-15(2)12-13-31-20-11-8-17(14-19(20)25)21(29)26-23(32)28-27-22(30)16-6-9-18(10-7-16)24(3,4)5/h6-11,14-15H,12-13H2,1-5H3,(H,27,30)(H2,26,28,29,32). The maximum atomic E-state index is 12.5. The van der Waals surface area contributed by atoms with Crippen molar-refractivity contribution in [1.82, 2.24) is 16.2 Å². The molecule has 0 fully saturated rings. The van der Waals surface area contributed by atoms with Gasteiger partial charge in [0.1, 0.15) is 5.75 Å². The van der Waals surface area contributed by atoms with Crippen LogP contribution in [-0.2, 0) is 5.41 Å². The van der Waals surface area contributed by atoms with Crippen LogP contribution >= 0.6 is 28.1 Å². The molecule has 0 atom stereocenters. The monoisotopic (exact) mass is 519 g/mol. The lowest BCUT2D eigenvalue weighted by atomic mass is 9.87. The molecule has 0 aromatic heterocycles. The molecule has 0 aliphatic rings. The van der Waals surface area contributed by atoms with E-state index in [4.69, 9.17) is 17.0 Å². The van der Waals surface area contributed by atoms with E-state index in [0.29, 0.717) is 33.9 Å². The fourth-order valence-electron chi connectivity index (χ4n) is 2.68. The van der Waals surface area contributed by atoms with Crippen LogP contribution in [-0.4, -0.2) is 23.5 Å². The molecule has 0 aliphatic heterocycles. The average molecular weight is 520 g/mol. The summed E-state index contributed by atoms with van der Waals surface area (Å²) < 4.78 is 6.41. The van der Waals surface area contributed by atoms with Crippen molar-refractivity contribution in [3.8, 4) is 5.75 Å². The maximum absolute atomic E-state index is 12.5. The number of halogens is 1. The second-order valence-corrected chi connectivity index (χ2v) is 10.1. The van der Waals surface area contributed by atoms with Gasteiger partial charge in [-0.25, -0.2) is 0 Å². The lowest BCUT2D eigenvalue weighted by Gasteiger charge is -2.19. The van der Waals surface area contributed by atoms with Crippen molar-refractivity contribution in [2.45, 2.75) is 46.5 Å². The SMILES string of the molecule is CC(C)CCOc1ccc(C(=O)NC(=S)NNC(=O)c2ccc(C(C)(C)C)cc2)cc1Br. The maximum Gasteiger partial charge on any atom is 0.269 e. The van der Waals surface area contributed by atoms with Crippen LogP contribution in [0.5, 0.6) is 5.75 Å². The molecule has 0 saturated heterocycles. The molecular weight excluding hydrogens is 490 g/mol. The van der Waals surface area contributed by atoms with E-state index in [2.05, 4.69) is 66.7 Å². The molecule has 0 aliphatic carbocycles. The van der Waals surface area contributed by atoms with Crippen molar-refractivity contribution in [3.63, 3.8) is 0 Å². The molecule has 2 aromatic carbocycles. The Morgan fingerprint density at radius 2 is 1.62 bits per heavy atom. The van der Waals surface area contributed by atoms with Gasteiger partial charge in [0.05, 0.1) is 11.1 Å². The van der Waals surface area contributed by atoms with Gasteiger partial charge in [-0.3, -0.25) is 25.8 Å². The third-order valence-corrected chi connectivity index (χ3v) is 5.50. The number of carbonyl (C=O) groups excluding carboxylic acids is 2. The molecule has 32 heavy (non-hydrogen) atoms. The van der Waals surface area contributed by atoms with Gasteiger partial charge >= 0.3 is 0 Å². The molecule has 8 heteroatoms. The minimum atomic E-state index is -0.402. The molecule has 172 valence electrons. The highest BCUT2D eigenvalue weighted by molar-refractivity contribution is 9.10. The van der Waals surface area contributed by atoms with Crippen LogP contribution in [0.3, 0.4) is 0 Å². The molecule has 2 aromatic rings. The summed E-state index contributed by atoms with van der Waals surface area (Å²) in [6.45, 7) is 11.2. The molecule has 0 unspecified atom stereocenters. The summed E-state index contributed by atoms with van der Waals surface area (Å²) in [6.07, 6.45) is 0.946. The third-order valence-electron chi connectivity index (χ3n) is 4.68. The first-order valence-corrected chi connectivity index (χ1v) is 11.6. The van der Waals surface area contributed by atoms with Gasteiger partial charge < -0.3 is 4.74 Å². The highest BCUT2D eigenvalue weighted by Gasteiger charge is 2.15. The lowest BCUT2D eigenvalue weighted by Crippen LogP contribution is -2.48. The van der Waals surface area contributed by atoms with Crippen LogP contribution in [0.2, 0.25) is 0 Å². The van der Waals surface area contributed by atoms with E-state index in [-0.39, 0.29) is 16.4 Å². The number of thiocarbonyl (C=S) groups is 1. The zero-order chi connectivity index (χ0) is 23.9. The minimum Gasteiger partial charge on any atom is -0.492 e. The van der Waals surface area contributed by atoms with Crippen molar-refractivity contribution in [3.05, 3.63) is 63.6 Å². The summed E-state index contributed by atoms with van der Waals surface area (Å²) in [6, 6.07) is 12.4. The molecule has 0 spiro atoms. The summed E-state index contributed by atoms with van der Waals surface area (Å²) in [7, 11) is 0. The van der Waals surface area contributed by atoms with Gasteiger partial charge in [0.2, 0.25) is 0 Å². The number of hydrogen-bond donors (Lipinski definition) is 3. The number of benzene rings is 2. The number of amides is 2. The number of rotatable bonds is 6. The zero-order valence-electron chi connectivity index (χ0n) is 19.0. The minimum absolute atomic E-state index is 0.00646. The molecule has 0 saturated carbocycles. The van der Waals surface area contributed by atoms with Crippen LogP contribution in [0.4, 0.5) is 0 Å². The fraction of sp³-hybridized carbons (Fsp3) is 0.375. The molecule has 0 radical (unpaired) electrons. The predicted molar refractivity (Wildman–Crippen MR) is 135 cm³/mol. The molecular formula is C24H30BrN3O3S. The van der Waals surface area contributed by atoms with Crippen molar-refractivity contribution in [2.75, 3.05) is 6.61 Å². The van der Waals surface area contributed by atoms with E-state index in [0.717, 1.165) is 12.0 Å². The van der Waals surface area contributed by atoms with Crippen LogP contribution < -0.4 is 20.9 Å². The quantitative estimate of drug-likeness (QED) is 0.364. The van der Waals surface area contributed by atoms with Gasteiger partial charge in [0, 0.05) is 11.1 Å². The summed E-state index contributed by atoms with van der Waals surface area (Å²) >= 11 is 8.55. The van der Waals surface area contributed by atoms with Crippen LogP contribution in [0, 0.1) is 5.92 Å². The Kier molecular flexibility index (Phi) is 9.21. The Balaban J connectivity index is 1.86. The Hall–Kier alpha value is -2.45. The highest BCUT2D eigenvalue weighted by Crippen LogP contribution is 2.26. The summed E-state index contributed by atoms with van der Waals surface area (Å²) in [4.78, 5) is 24.8. The van der Waals surface area contributed by atoms with Crippen molar-refractivity contribution in [2.24, 2.45) is 5.92 Å². The van der Waals surface area contributed by atoms with Gasteiger partial charge in [0.15, 0.2) is 5.11 Å². The number of carbonyl (C=O) groups is 2. The van der Waals surface area contributed by atoms with Crippen molar-refractivity contribution < 1.29 is 14.3 Å². The summed E-state index contributed by atoms with van der Waals surface area (Å²) in [5.74, 6) is 0.469. The van der Waals surface area contributed by atoms with E-state index >= 15 is 0 Å². The Labute approximate surface area is 203 Å². The first-order valence-electron chi connectivity index (χ1n) is 10.4. The third kappa shape index (κ3) is 7.91. The van der Waals surface area contributed by atoms with E-state index in [9.17, 15) is 9.59 Å². The average Bonchev–Trinajstić information content (AvgIpc) is 2.72. The van der Waals surface area contributed by atoms with Gasteiger partial charge in [0.25, 0.3) is 11.8 Å². The zero-order valence-corrected chi connectivity index (χ0v) is 21.4. The van der Waals surface area contributed by atoms with Gasteiger partial charge in [-0.1, -0.05) is 46.8 Å². The summed E-state index contributed by atoms with van der Waals surface area (Å²) in [5, 5.41) is 2.53. The van der Waals surface area contributed by atoms with E-state index in [1.807, 2.05) is 12.1 Å². The molecule has 6 nitrogen and oxygen atoms in total. The number of ether oxygens (including phenoxy) is 1. The topological polar surface area (TPSA) is 79.5 Å². The van der Waals surface area contributed by atoms with E-state index in [1.54, 1.807) is 30.3 Å². The second kappa shape index (κ2) is 11.4. The molecule has 0 heterocycles. The predicted octanol–water partition coefficient (Wildman–Crippen LogP) is 5.12. The van der Waals surface area contributed by atoms with Crippen LogP contribution in [0.1, 0.15) is 67.3 Å². The molecule has 3 N–H and O–H groups in total. The Bertz CT molecular complexity index is 969. The van der Waals surface area contributed by atoms with E-state index in [1.165, 1.54) is 0 Å². The Morgan fingerprint density at radius 3 is 2.19 bits per heavy atom. The first-order chi connectivity index (χ1) is 15.0. The van der Waals surface area contributed by atoms with Crippen molar-refractivity contribution >= 4 is 45.1 Å². The fourth-order valence-corrected chi connectivity index (χ4v) is 3.31. The van der Waals surface area contributed by atoms with Crippen molar-refractivity contribution in [1.29, 1.82) is 0 Å². The van der Waals surface area contributed by atoms with Gasteiger partial charge in [-0.15, -0.1) is 0 Å². The summed E-state index contributed by atoms with van der Waals surface area (Å²) in [5.41, 5.74) is 7.07. The second-order valence-electron chi connectivity index (χ2n) is 8.87. The first kappa shape index (κ1) is 25.8. The molecule has 2 amide bonds. The van der Waals surface area contributed by atoms with Crippen LogP contribution in [0.15, 0.2) is 46.9 Å². The smallest absolute Gasteiger partial charge is 0.269 e. The normalized spacial score (nSPS) is 11.1. The Morgan fingerprint density at radius 1 is 1.00 bits per heavy atom.